The van der Waals surface area contributed by atoms with E-state index in [9.17, 15) is 9.50 Å². The average molecular weight is 279 g/mol. The van der Waals surface area contributed by atoms with Crippen LogP contribution in [0.2, 0.25) is 0 Å². The van der Waals surface area contributed by atoms with Crippen molar-refractivity contribution in [3.63, 3.8) is 0 Å². The minimum Gasteiger partial charge on any atom is -0.491 e. The number of aromatic nitrogens is 2. The van der Waals surface area contributed by atoms with Crippen molar-refractivity contribution in [2.24, 2.45) is 0 Å². The Kier molecular flexibility index (Phi) is 5.52. The van der Waals surface area contributed by atoms with Crippen molar-refractivity contribution in [3.8, 4) is 5.75 Å². The zero-order valence-corrected chi connectivity index (χ0v) is 11.1. The Morgan fingerprint density at radius 1 is 1.35 bits per heavy atom. The molecule has 1 aromatic heterocycles. The van der Waals surface area contributed by atoms with Crippen LogP contribution in [0, 0.1) is 5.82 Å². The highest BCUT2D eigenvalue weighted by Crippen LogP contribution is 2.11. The molecule has 1 aromatic carbocycles. The number of ether oxygens (including phenoxy) is 1. The molecule has 1 heterocycles. The molecular weight excluding hydrogens is 261 g/mol. The molecule has 0 fully saturated rings. The summed E-state index contributed by atoms with van der Waals surface area (Å²) in [4.78, 5) is 3.94. The van der Waals surface area contributed by atoms with E-state index in [2.05, 4.69) is 10.3 Å². The molecule has 2 aromatic rings. The summed E-state index contributed by atoms with van der Waals surface area (Å²) < 4.78 is 20.0. The summed E-state index contributed by atoms with van der Waals surface area (Å²) in [6.45, 7) is 2.15. The SMILES string of the molecule is OC(CNCCn1ccnc1)COc1ccc(F)cc1. The van der Waals surface area contributed by atoms with Crippen molar-refractivity contribution in [3.05, 3.63) is 48.8 Å². The maximum atomic E-state index is 12.7. The van der Waals surface area contributed by atoms with Crippen molar-refractivity contribution in [1.82, 2.24) is 14.9 Å². The molecule has 0 aliphatic carbocycles. The number of aliphatic hydroxyl groups excluding tert-OH is 1. The zero-order valence-electron chi connectivity index (χ0n) is 11.1. The molecule has 1 unspecified atom stereocenters. The molecule has 1 atom stereocenters. The molecule has 0 saturated heterocycles. The van der Waals surface area contributed by atoms with Crippen LogP contribution in [-0.2, 0) is 6.54 Å². The molecule has 2 rings (SSSR count). The fraction of sp³-hybridized carbons (Fsp3) is 0.357. The molecule has 2 N–H and O–H groups in total. The van der Waals surface area contributed by atoms with Gasteiger partial charge < -0.3 is 19.7 Å². The minimum absolute atomic E-state index is 0.170. The lowest BCUT2D eigenvalue weighted by Crippen LogP contribution is -2.33. The Balaban J connectivity index is 1.58. The van der Waals surface area contributed by atoms with Crippen LogP contribution in [0.3, 0.4) is 0 Å². The van der Waals surface area contributed by atoms with Gasteiger partial charge in [-0.25, -0.2) is 9.37 Å². The van der Waals surface area contributed by atoms with Gasteiger partial charge in [-0.3, -0.25) is 0 Å². The normalized spacial score (nSPS) is 12.3. The van der Waals surface area contributed by atoms with E-state index < -0.39 is 6.10 Å². The Bertz CT molecular complexity index is 488. The third kappa shape index (κ3) is 4.99. The summed E-state index contributed by atoms with van der Waals surface area (Å²) in [5, 5.41) is 12.9. The van der Waals surface area contributed by atoms with Crippen molar-refractivity contribution < 1.29 is 14.2 Å². The molecule has 0 aliphatic rings. The summed E-state index contributed by atoms with van der Waals surface area (Å²) in [6.07, 6.45) is 4.75. The van der Waals surface area contributed by atoms with Gasteiger partial charge in [-0.15, -0.1) is 0 Å². The first-order valence-corrected chi connectivity index (χ1v) is 6.47. The van der Waals surface area contributed by atoms with E-state index in [-0.39, 0.29) is 12.4 Å². The fourth-order valence-electron chi connectivity index (χ4n) is 1.68. The number of nitrogens with zero attached hydrogens (tertiary/aromatic N) is 2. The summed E-state index contributed by atoms with van der Waals surface area (Å²) >= 11 is 0. The van der Waals surface area contributed by atoms with Gasteiger partial charge in [-0.2, -0.15) is 0 Å². The maximum absolute atomic E-state index is 12.7. The Hall–Kier alpha value is -1.92. The van der Waals surface area contributed by atoms with Crippen molar-refractivity contribution in [2.45, 2.75) is 12.6 Å². The predicted octanol–water partition coefficient (Wildman–Crippen LogP) is 1.05. The molecule has 5 nitrogen and oxygen atoms in total. The molecule has 0 radical (unpaired) electrons. The van der Waals surface area contributed by atoms with Crippen LogP contribution in [0.5, 0.6) is 5.75 Å². The van der Waals surface area contributed by atoms with E-state index in [0.717, 1.165) is 13.1 Å². The van der Waals surface area contributed by atoms with Crippen molar-refractivity contribution in [2.75, 3.05) is 19.7 Å². The number of halogens is 1. The smallest absolute Gasteiger partial charge is 0.123 e. The monoisotopic (exact) mass is 279 g/mol. The van der Waals surface area contributed by atoms with Crippen LogP contribution in [-0.4, -0.2) is 40.5 Å². The van der Waals surface area contributed by atoms with E-state index in [0.29, 0.717) is 12.3 Å². The molecule has 108 valence electrons. The largest absolute Gasteiger partial charge is 0.491 e. The second-order valence-corrected chi connectivity index (χ2v) is 4.42. The third-order valence-electron chi connectivity index (χ3n) is 2.74. The standard InChI is InChI=1S/C14H18FN3O2/c15-12-1-3-14(4-2-12)20-10-13(19)9-16-5-7-18-8-6-17-11-18/h1-4,6,8,11,13,16,19H,5,7,9-10H2. The van der Waals surface area contributed by atoms with Gasteiger partial charge in [0.1, 0.15) is 24.3 Å². The van der Waals surface area contributed by atoms with Gasteiger partial charge in [0.05, 0.1) is 6.33 Å². The zero-order chi connectivity index (χ0) is 14.2. The number of benzene rings is 1. The van der Waals surface area contributed by atoms with Gasteiger partial charge in [0, 0.05) is 32.0 Å². The summed E-state index contributed by atoms with van der Waals surface area (Å²) in [7, 11) is 0. The molecule has 0 amide bonds. The lowest BCUT2D eigenvalue weighted by Gasteiger charge is -2.13. The number of hydrogen-bond acceptors (Lipinski definition) is 4. The molecule has 0 aliphatic heterocycles. The van der Waals surface area contributed by atoms with Crippen LogP contribution in [0.4, 0.5) is 4.39 Å². The van der Waals surface area contributed by atoms with E-state index >= 15 is 0 Å². The molecule has 0 saturated carbocycles. The van der Waals surface area contributed by atoms with Gasteiger partial charge in [0.2, 0.25) is 0 Å². The first-order valence-electron chi connectivity index (χ1n) is 6.47. The predicted molar refractivity (Wildman–Crippen MR) is 73.0 cm³/mol. The van der Waals surface area contributed by atoms with E-state index in [1.54, 1.807) is 12.5 Å². The summed E-state index contributed by atoms with van der Waals surface area (Å²) in [5.74, 6) is 0.239. The van der Waals surface area contributed by atoms with Gasteiger partial charge in [0.25, 0.3) is 0 Å². The molecule has 0 spiro atoms. The second-order valence-electron chi connectivity index (χ2n) is 4.42. The Morgan fingerprint density at radius 2 is 2.15 bits per heavy atom. The maximum Gasteiger partial charge on any atom is 0.123 e. The first kappa shape index (κ1) is 14.5. The lowest BCUT2D eigenvalue weighted by atomic mass is 10.3. The number of imidazole rings is 1. The number of rotatable bonds is 8. The van der Waals surface area contributed by atoms with Crippen LogP contribution < -0.4 is 10.1 Å². The third-order valence-corrected chi connectivity index (χ3v) is 2.74. The van der Waals surface area contributed by atoms with E-state index in [1.165, 1.54) is 24.3 Å². The van der Waals surface area contributed by atoms with Crippen molar-refractivity contribution in [1.29, 1.82) is 0 Å². The summed E-state index contributed by atoms with van der Waals surface area (Å²) in [6, 6.07) is 5.72. The second kappa shape index (κ2) is 7.62. The topological polar surface area (TPSA) is 59.3 Å². The molecule has 0 bridgehead atoms. The average Bonchev–Trinajstić information content (AvgIpc) is 2.96. The van der Waals surface area contributed by atoms with Crippen LogP contribution in [0.15, 0.2) is 43.0 Å². The molecule has 20 heavy (non-hydrogen) atoms. The van der Waals surface area contributed by atoms with E-state index in [1.807, 2.05) is 10.8 Å². The van der Waals surface area contributed by atoms with Gasteiger partial charge >= 0.3 is 0 Å². The van der Waals surface area contributed by atoms with Gasteiger partial charge in [-0.1, -0.05) is 0 Å². The number of aliphatic hydroxyl groups is 1. The fourth-order valence-corrected chi connectivity index (χ4v) is 1.68. The van der Waals surface area contributed by atoms with Gasteiger partial charge in [0.15, 0.2) is 0 Å². The van der Waals surface area contributed by atoms with E-state index in [4.69, 9.17) is 4.74 Å². The lowest BCUT2D eigenvalue weighted by molar-refractivity contribution is 0.106. The summed E-state index contributed by atoms with van der Waals surface area (Å²) in [5.41, 5.74) is 0. The minimum atomic E-state index is -0.608. The highest BCUT2D eigenvalue weighted by molar-refractivity contribution is 5.22. The highest BCUT2D eigenvalue weighted by atomic mass is 19.1. The number of nitrogens with one attached hydrogen (secondary N) is 1. The Labute approximate surface area is 117 Å². The van der Waals surface area contributed by atoms with Crippen molar-refractivity contribution >= 4 is 0 Å². The van der Waals surface area contributed by atoms with Crippen LogP contribution in [0.25, 0.3) is 0 Å². The highest BCUT2D eigenvalue weighted by Gasteiger charge is 2.04. The quantitative estimate of drug-likeness (QED) is 0.709. The molecule has 6 heteroatoms. The first-order chi connectivity index (χ1) is 9.74. The number of hydrogen-bond donors (Lipinski definition) is 2. The molecular formula is C14H18FN3O2. The van der Waals surface area contributed by atoms with Crippen LogP contribution >= 0.6 is 0 Å². The van der Waals surface area contributed by atoms with Gasteiger partial charge in [-0.05, 0) is 24.3 Å². The Morgan fingerprint density at radius 3 is 2.85 bits per heavy atom. The van der Waals surface area contributed by atoms with Crippen LogP contribution in [0.1, 0.15) is 0 Å².